The summed E-state index contributed by atoms with van der Waals surface area (Å²) in [5.74, 6) is -1.10. The van der Waals surface area contributed by atoms with Crippen molar-refractivity contribution in [1.82, 2.24) is 5.16 Å². The minimum atomic E-state index is -0.738. The van der Waals surface area contributed by atoms with Crippen LogP contribution in [0.25, 0.3) is 11.3 Å². The molecule has 1 aromatic carbocycles. The molecule has 6 heteroatoms. The van der Waals surface area contributed by atoms with Gasteiger partial charge in [-0.3, -0.25) is 4.79 Å². The van der Waals surface area contributed by atoms with Gasteiger partial charge in [0.15, 0.2) is 0 Å². The van der Waals surface area contributed by atoms with E-state index in [0.29, 0.717) is 0 Å². The van der Waals surface area contributed by atoms with E-state index in [9.17, 15) is 9.18 Å². The lowest BCUT2D eigenvalue weighted by Crippen LogP contribution is -2.12. The van der Waals surface area contributed by atoms with Crippen molar-refractivity contribution in [1.29, 1.82) is 0 Å². The zero-order chi connectivity index (χ0) is 12.6. The second-order valence-electron chi connectivity index (χ2n) is 3.42. The van der Waals surface area contributed by atoms with Crippen LogP contribution in [0.15, 0.2) is 22.7 Å². The molecule has 88 valence electrons. The molecule has 2 N–H and O–H groups in total. The van der Waals surface area contributed by atoms with Gasteiger partial charge in [0, 0.05) is 0 Å². The first-order chi connectivity index (χ1) is 8.02. The third kappa shape index (κ3) is 1.89. The molecular formula is C11H8ClFN2O2. The van der Waals surface area contributed by atoms with E-state index >= 15 is 0 Å². The Balaban J connectivity index is 2.73. The number of hydrogen-bond acceptors (Lipinski definition) is 3. The Bertz CT molecular complexity index is 575. The zero-order valence-electron chi connectivity index (χ0n) is 8.83. The molecule has 2 rings (SSSR count). The SMILES string of the molecule is Cc1onc(-c2c(F)cccc2Cl)c1C(N)=O. The number of nitrogens with two attached hydrogens (primary N) is 1. The Morgan fingerprint density at radius 2 is 2.24 bits per heavy atom. The van der Waals surface area contributed by atoms with E-state index in [1.807, 2.05) is 0 Å². The molecular weight excluding hydrogens is 247 g/mol. The molecule has 17 heavy (non-hydrogen) atoms. The number of aromatic nitrogens is 1. The smallest absolute Gasteiger partial charge is 0.254 e. The van der Waals surface area contributed by atoms with Crippen molar-refractivity contribution in [3.63, 3.8) is 0 Å². The quantitative estimate of drug-likeness (QED) is 0.895. The summed E-state index contributed by atoms with van der Waals surface area (Å²) < 4.78 is 18.5. The fraction of sp³-hybridized carbons (Fsp3) is 0.0909. The number of nitrogens with zero attached hydrogens (tertiary/aromatic N) is 1. The lowest BCUT2D eigenvalue weighted by atomic mass is 10.1. The normalized spacial score (nSPS) is 10.5. The Kier molecular flexibility index (Phi) is 2.85. The lowest BCUT2D eigenvalue weighted by molar-refractivity contribution is 0.0999. The third-order valence-corrected chi connectivity index (χ3v) is 2.62. The minimum Gasteiger partial charge on any atom is -0.365 e. The average molecular weight is 255 g/mol. The summed E-state index contributed by atoms with van der Waals surface area (Å²) in [5.41, 5.74) is 5.27. The van der Waals surface area contributed by atoms with Gasteiger partial charge in [-0.25, -0.2) is 4.39 Å². The van der Waals surface area contributed by atoms with E-state index in [-0.39, 0.29) is 27.6 Å². The van der Waals surface area contributed by atoms with Gasteiger partial charge in [-0.15, -0.1) is 0 Å². The number of carbonyl (C=O) groups excluding carboxylic acids is 1. The highest BCUT2D eigenvalue weighted by Crippen LogP contribution is 2.32. The van der Waals surface area contributed by atoms with Crippen LogP contribution in [0.1, 0.15) is 16.1 Å². The Morgan fingerprint density at radius 3 is 2.82 bits per heavy atom. The van der Waals surface area contributed by atoms with Gasteiger partial charge in [0.1, 0.15) is 22.8 Å². The molecule has 0 aliphatic carbocycles. The lowest BCUT2D eigenvalue weighted by Gasteiger charge is -2.03. The second-order valence-corrected chi connectivity index (χ2v) is 3.83. The molecule has 1 aromatic heterocycles. The number of aryl methyl sites for hydroxylation is 1. The Morgan fingerprint density at radius 1 is 1.53 bits per heavy atom. The second kappa shape index (κ2) is 4.18. The predicted octanol–water partition coefficient (Wildman–Crippen LogP) is 2.54. The fourth-order valence-electron chi connectivity index (χ4n) is 1.56. The van der Waals surface area contributed by atoms with E-state index in [0.717, 1.165) is 0 Å². The molecule has 0 saturated carbocycles. The molecule has 4 nitrogen and oxygen atoms in total. The number of hydrogen-bond donors (Lipinski definition) is 1. The van der Waals surface area contributed by atoms with Gasteiger partial charge in [0.05, 0.1) is 10.6 Å². The Hall–Kier alpha value is -1.88. The minimum absolute atomic E-state index is 0.0137. The number of halogens is 2. The van der Waals surface area contributed by atoms with E-state index in [2.05, 4.69) is 5.16 Å². The van der Waals surface area contributed by atoms with Gasteiger partial charge in [-0.05, 0) is 19.1 Å². The number of carbonyl (C=O) groups is 1. The maximum atomic E-state index is 13.7. The monoisotopic (exact) mass is 254 g/mol. The van der Waals surface area contributed by atoms with Crippen LogP contribution in [-0.2, 0) is 0 Å². The van der Waals surface area contributed by atoms with Crippen LogP contribution in [0.5, 0.6) is 0 Å². The van der Waals surface area contributed by atoms with Crippen molar-refractivity contribution in [3.05, 3.63) is 40.4 Å². The van der Waals surface area contributed by atoms with E-state index in [1.165, 1.54) is 25.1 Å². The number of benzene rings is 1. The molecule has 0 unspecified atom stereocenters. The van der Waals surface area contributed by atoms with Crippen molar-refractivity contribution in [2.45, 2.75) is 6.92 Å². The van der Waals surface area contributed by atoms with Crippen molar-refractivity contribution in [2.24, 2.45) is 5.73 Å². The summed E-state index contributed by atoms with van der Waals surface area (Å²) in [6, 6.07) is 4.17. The maximum absolute atomic E-state index is 13.7. The summed E-state index contributed by atoms with van der Waals surface area (Å²) in [5, 5.41) is 3.77. The summed E-state index contributed by atoms with van der Waals surface area (Å²) >= 11 is 5.88. The first-order valence-electron chi connectivity index (χ1n) is 4.73. The average Bonchev–Trinajstić information content (AvgIpc) is 2.60. The van der Waals surface area contributed by atoms with Crippen molar-refractivity contribution >= 4 is 17.5 Å². The van der Waals surface area contributed by atoms with Gasteiger partial charge in [-0.1, -0.05) is 22.8 Å². The highest BCUT2D eigenvalue weighted by Gasteiger charge is 2.23. The van der Waals surface area contributed by atoms with Gasteiger partial charge >= 0.3 is 0 Å². The summed E-state index contributed by atoms with van der Waals surface area (Å²) in [6.07, 6.45) is 0. The number of primary amides is 1. The summed E-state index contributed by atoms with van der Waals surface area (Å²) in [7, 11) is 0. The fourth-order valence-corrected chi connectivity index (χ4v) is 1.81. The van der Waals surface area contributed by atoms with Gasteiger partial charge in [-0.2, -0.15) is 0 Å². The molecule has 0 aliphatic rings. The molecule has 0 spiro atoms. The van der Waals surface area contributed by atoms with E-state index < -0.39 is 11.7 Å². The topological polar surface area (TPSA) is 69.1 Å². The third-order valence-electron chi connectivity index (χ3n) is 2.31. The first kappa shape index (κ1) is 11.6. The van der Waals surface area contributed by atoms with Gasteiger partial charge in [0.2, 0.25) is 0 Å². The van der Waals surface area contributed by atoms with Crippen LogP contribution in [0.2, 0.25) is 5.02 Å². The van der Waals surface area contributed by atoms with Crippen LogP contribution >= 0.6 is 11.6 Å². The van der Waals surface area contributed by atoms with Gasteiger partial charge < -0.3 is 10.3 Å². The highest BCUT2D eigenvalue weighted by atomic mass is 35.5. The Labute approximate surface area is 101 Å². The molecule has 2 aromatic rings. The van der Waals surface area contributed by atoms with E-state index in [1.54, 1.807) is 0 Å². The highest BCUT2D eigenvalue weighted by molar-refractivity contribution is 6.33. The van der Waals surface area contributed by atoms with Crippen LogP contribution in [-0.4, -0.2) is 11.1 Å². The molecule has 0 bridgehead atoms. The standard InChI is InChI=1S/C11H8ClFN2O2/c1-5-8(11(14)16)10(15-17-5)9-6(12)3-2-4-7(9)13/h2-4H,1H3,(H2,14,16). The van der Waals surface area contributed by atoms with Crippen molar-refractivity contribution in [2.75, 3.05) is 0 Å². The van der Waals surface area contributed by atoms with Gasteiger partial charge in [0.25, 0.3) is 5.91 Å². The number of rotatable bonds is 2. The summed E-state index contributed by atoms with van der Waals surface area (Å²) in [4.78, 5) is 11.3. The molecule has 0 fully saturated rings. The van der Waals surface area contributed by atoms with Crippen molar-refractivity contribution in [3.8, 4) is 11.3 Å². The number of amides is 1. The van der Waals surface area contributed by atoms with Crippen LogP contribution < -0.4 is 5.73 Å². The molecule has 1 amide bonds. The van der Waals surface area contributed by atoms with Crippen LogP contribution in [0, 0.1) is 12.7 Å². The molecule has 0 radical (unpaired) electrons. The maximum Gasteiger partial charge on any atom is 0.254 e. The van der Waals surface area contributed by atoms with E-state index in [4.69, 9.17) is 21.9 Å². The first-order valence-corrected chi connectivity index (χ1v) is 5.10. The molecule has 0 aliphatic heterocycles. The van der Waals surface area contributed by atoms with Crippen LogP contribution in [0.3, 0.4) is 0 Å². The van der Waals surface area contributed by atoms with Crippen LogP contribution in [0.4, 0.5) is 4.39 Å². The predicted molar refractivity (Wildman–Crippen MR) is 60.2 cm³/mol. The zero-order valence-corrected chi connectivity index (χ0v) is 9.58. The van der Waals surface area contributed by atoms with Crippen molar-refractivity contribution < 1.29 is 13.7 Å². The summed E-state index contributed by atoms with van der Waals surface area (Å²) in [6.45, 7) is 1.52. The largest absolute Gasteiger partial charge is 0.365 e. The molecule has 0 atom stereocenters. The molecule has 0 saturated heterocycles. The molecule has 1 heterocycles.